The van der Waals surface area contributed by atoms with Crippen molar-refractivity contribution in [3.05, 3.63) is 53.5 Å². The van der Waals surface area contributed by atoms with E-state index in [-0.39, 0.29) is 42.3 Å². The molecule has 1 aliphatic rings. The largest absolute Gasteiger partial charge is 0.472 e. The second-order valence-corrected chi connectivity index (χ2v) is 8.57. The van der Waals surface area contributed by atoms with Gasteiger partial charge in [-0.15, -0.1) is 0 Å². The Labute approximate surface area is 199 Å². The van der Waals surface area contributed by atoms with E-state index in [1.807, 2.05) is 6.92 Å². The fourth-order valence-corrected chi connectivity index (χ4v) is 3.64. The standard InChI is InChI=1S/C25H30N4O5/c1-16-13-29(17(2)15-30)25(33)21-11-19(6-5-18(3)31)12-27-23(21)34-22(16)14-28(4)24(32)20-7-9-26-10-8-20/h7-12,16-18,22,30-31H,13-15H2,1-4H3/t16-,17-,18+,22-/m1/s1. The number of amides is 2. The van der Waals surface area contributed by atoms with E-state index in [4.69, 9.17) is 4.74 Å². The summed E-state index contributed by atoms with van der Waals surface area (Å²) in [5, 5.41) is 19.2. The molecule has 2 aromatic heterocycles. The summed E-state index contributed by atoms with van der Waals surface area (Å²) in [4.78, 5) is 37.7. The van der Waals surface area contributed by atoms with Crippen LogP contribution >= 0.6 is 0 Å². The van der Waals surface area contributed by atoms with E-state index in [0.717, 1.165) is 0 Å². The van der Waals surface area contributed by atoms with Crippen molar-refractivity contribution in [2.45, 2.75) is 39.0 Å². The Morgan fingerprint density at radius 1 is 1.35 bits per heavy atom. The summed E-state index contributed by atoms with van der Waals surface area (Å²) < 4.78 is 6.19. The molecule has 2 aromatic rings. The quantitative estimate of drug-likeness (QED) is 0.636. The molecule has 0 radical (unpaired) electrons. The van der Waals surface area contributed by atoms with Crippen molar-refractivity contribution in [3.8, 4) is 17.7 Å². The molecule has 180 valence electrons. The molecular weight excluding hydrogens is 436 g/mol. The highest BCUT2D eigenvalue weighted by atomic mass is 16.5. The summed E-state index contributed by atoms with van der Waals surface area (Å²) in [5.41, 5.74) is 1.20. The predicted molar refractivity (Wildman–Crippen MR) is 125 cm³/mol. The van der Waals surface area contributed by atoms with Crippen LogP contribution in [0.4, 0.5) is 0 Å². The predicted octanol–water partition coefficient (Wildman–Crippen LogP) is 1.20. The third-order valence-electron chi connectivity index (χ3n) is 5.67. The molecule has 0 saturated heterocycles. The Balaban J connectivity index is 1.95. The number of pyridine rings is 2. The highest BCUT2D eigenvalue weighted by Gasteiger charge is 2.34. The molecule has 1 aliphatic heterocycles. The summed E-state index contributed by atoms with van der Waals surface area (Å²) in [6.07, 6.45) is 3.33. The number of carbonyl (C=O) groups excluding carboxylic acids is 2. The zero-order valence-corrected chi connectivity index (χ0v) is 19.8. The number of hydrogen-bond donors (Lipinski definition) is 2. The lowest BCUT2D eigenvalue weighted by Gasteiger charge is -2.37. The van der Waals surface area contributed by atoms with Gasteiger partial charge >= 0.3 is 0 Å². The first-order valence-electron chi connectivity index (χ1n) is 11.1. The summed E-state index contributed by atoms with van der Waals surface area (Å²) in [6.45, 7) is 5.64. The molecule has 3 rings (SSSR count). The van der Waals surface area contributed by atoms with Gasteiger partial charge in [0.2, 0.25) is 5.88 Å². The molecule has 3 heterocycles. The lowest BCUT2D eigenvalue weighted by molar-refractivity contribution is 0.0313. The number of carbonyl (C=O) groups is 2. The Morgan fingerprint density at radius 3 is 2.71 bits per heavy atom. The number of likely N-dealkylation sites (N-methyl/N-ethyl adjacent to an activating group) is 1. The molecule has 0 bridgehead atoms. The number of aliphatic hydroxyl groups is 2. The number of ether oxygens (including phenoxy) is 1. The number of hydrogen-bond acceptors (Lipinski definition) is 7. The highest BCUT2D eigenvalue weighted by Crippen LogP contribution is 2.27. The molecule has 34 heavy (non-hydrogen) atoms. The normalized spacial score (nSPS) is 19.5. The van der Waals surface area contributed by atoms with Crippen molar-refractivity contribution in [1.82, 2.24) is 19.8 Å². The number of aromatic nitrogens is 2. The third-order valence-corrected chi connectivity index (χ3v) is 5.67. The number of aliphatic hydroxyl groups excluding tert-OH is 2. The smallest absolute Gasteiger partial charge is 0.259 e. The SMILES string of the molecule is C[C@H](O)C#Cc1cnc2c(c1)C(=O)N([C@H](C)CO)C[C@@H](C)[C@@H](CN(C)C(=O)c1ccncc1)O2. The van der Waals surface area contributed by atoms with Gasteiger partial charge in [0.1, 0.15) is 17.8 Å². The van der Waals surface area contributed by atoms with E-state index in [1.165, 1.54) is 6.20 Å². The number of nitrogens with zero attached hydrogens (tertiary/aromatic N) is 4. The molecule has 0 aromatic carbocycles. The van der Waals surface area contributed by atoms with Crippen LogP contribution in [0.3, 0.4) is 0 Å². The summed E-state index contributed by atoms with van der Waals surface area (Å²) >= 11 is 0. The summed E-state index contributed by atoms with van der Waals surface area (Å²) in [5.74, 6) is 4.93. The first kappa shape index (κ1) is 25.1. The molecular formula is C25H30N4O5. The fourth-order valence-electron chi connectivity index (χ4n) is 3.64. The van der Waals surface area contributed by atoms with E-state index >= 15 is 0 Å². The third kappa shape index (κ3) is 5.90. The van der Waals surface area contributed by atoms with Gasteiger partial charge in [0.15, 0.2) is 0 Å². The molecule has 9 heteroatoms. The van der Waals surface area contributed by atoms with E-state index in [2.05, 4.69) is 21.8 Å². The number of fused-ring (bicyclic) bond motifs is 1. The van der Waals surface area contributed by atoms with E-state index < -0.39 is 18.2 Å². The lowest BCUT2D eigenvalue weighted by Crippen LogP contribution is -2.50. The Morgan fingerprint density at radius 2 is 2.06 bits per heavy atom. The molecule has 9 nitrogen and oxygen atoms in total. The summed E-state index contributed by atoms with van der Waals surface area (Å²) in [7, 11) is 1.69. The summed E-state index contributed by atoms with van der Waals surface area (Å²) in [6, 6.07) is 4.45. The monoisotopic (exact) mass is 466 g/mol. The topological polar surface area (TPSA) is 116 Å². The van der Waals surface area contributed by atoms with Crippen molar-refractivity contribution in [2.24, 2.45) is 5.92 Å². The van der Waals surface area contributed by atoms with Crippen molar-refractivity contribution >= 4 is 11.8 Å². The van der Waals surface area contributed by atoms with Gasteiger partial charge in [-0.25, -0.2) is 4.98 Å². The average Bonchev–Trinajstić information content (AvgIpc) is 2.84. The maximum Gasteiger partial charge on any atom is 0.259 e. The fraction of sp³-hybridized carbons (Fsp3) is 0.440. The zero-order valence-electron chi connectivity index (χ0n) is 19.8. The first-order chi connectivity index (χ1) is 16.2. The minimum absolute atomic E-state index is 0.143. The van der Waals surface area contributed by atoms with Gasteiger partial charge in [-0.05, 0) is 32.0 Å². The Hall–Kier alpha value is -3.48. The van der Waals surface area contributed by atoms with Gasteiger partial charge in [-0.2, -0.15) is 0 Å². The van der Waals surface area contributed by atoms with Gasteiger partial charge in [0.25, 0.3) is 11.8 Å². The molecule has 0 spiro atoms. The van der Waals surface area contributed by atoms with E-state index in [9.17, 15) is 19.8 Å². The van der Waals surface area contributed by atoms with Gasteiger partial charge in [-0.1, -0.05) is 18.8 Å². The Kier molecular flexibility index (Phi) is 8.21. The van der Waals surface area contributed by atoms with Crippen LogP contribution < -0.4 is 4.74 Å². The van der Waals surface area contributed by atoms with Crippen molar-refractivity contribution in [2.75, 3.05) is 26.7 Å². The van der Waals surface area contributed by atoms with Crippen LogP contribution in [0, 0.1) is 17.8 Å². The van der Waals surface area contributed by atoms with Gasteiger partial charge < -0.3 is 24.7 Å². The molecule has 0 aliphatic carbocycles. The molecule has 0 fully saturated rings. The van der Waals surface area contributed by atoms with Gasteiger partial charge in [0.05, 0.1) is 19.2 Å². The molecule has 2 amide bonds. The van der Waals surface area contributed by atoms with E-state index in [1.54, 1.807) is 61.3 Å². The number of rotatable bonds is 5. The Bertz CT molecular complexity index is 1080. The molecule has 4 atom stereocenters. The molecule has 0 saturated carbocycles. The maximum absolute atomic E-state index is 13.4. The highest BCUT2D eigenvalue weighted by molar-refractivity contribution is 5.97. The van der Waals surface area contributed by atoms with Crippen LogP contribution in [0.2, 0.25) is 0 Å². The minimum atomic E-state index is -0.821. The van der Waals surface area contributed by atoms with Crippen LogP contribution in [-0.2, 0) is 0 Å². The second kappa shape index (κ2) is 11.1. The van der Waals surface area contributed by atoms with Crippen LogP contribution in [0.5, 0.6) is 5.88 Å². The van der Waals surface area contributed by atoms with Gasteiger partial charge in [0, 0.05) is 49.2 Å². The molecule has 2 N–H and O–H groups in total. The first-order valence-corrected chi connectivity index (χ1v) is 11.1. The van der Waals surface area contributed by atoms with Crippen LogP contribution in [0.25, 0.3) is 0 Å². The second-order valence-electron chi connectivity index (χ2n) is 8.57. The molecule has 0 unspecified atom stereocenters. The zero-order chi connectivity index (χ0) is 24.8. The van der Waals surface area contributed by atoms with Crippen LogP contribution in [0.1, 0.15) is 47.1 Å². The van der Waals surface area contributed by atoms with Gasteiger partial charge in [-0.3, -0.25) is 14.6 Å². The van der Waals surface area contributed by atoms with Crippen molar-refractivity contribution in [3.63, 3.8) is 0 Å². The van der Waals surface area contributed by atoms with Crippen molar-refractivity contribution in [1.29, 1.82) is 0 Å². The van der Waals surface area contributed by atoms with Crippen LogP contribution in [0.15, 0.2) is 36.8 Å². The lowest BCUT2D eigenvalue weighted by atomic mass is 9.99. The maximum atomic E-state index is 13.4. The minimum Gasteiger partial charge on any atom is -0.472 e. The van der Waals surface area contributed by atoms with Crippen molar-refractivity contribution < 1.29 is 24.5 Å². The van der Waals surface area contributed by atoms with E-state index in [0.29, 0.717) is 17.7 Å². The average molecular weight is 467 g/mol. The van der Waals surface area contributed by atoms with Crippen LogP contribution in [-0.4, -0.2) is 86.8 Å².